The molecule has 0 atom stereocenters. The predicted molar refractivity (Wildman–Crippen MR) is 102 cm³/mol. The number of amides is 1. The maximum atomic E-state index is 14.5. The minimum Gasteiger partial charge on any atom is -0.453 e. The van der Waals surface area contributed by atoms with Gasteiger partial charge in [-0.15, -0.1) is 0 Å². The Hall–Kier alpha value is -3.38. The van der Waals surface area contributed by atoms with E-state index in [1.54, 1.807) is 54.9 Å². The van der Waals surface area contributed by atoms with Crippen molar-refractivity contribution in [2.75, 3.05) is 5.32 Å². The standard InChI is InChI=1S/C20H13ClFN3O2/c21-15-4-2-1-3-13(15)20(26)25-12-5-6-18(16(22)11-12)27-17-8-10-24-19-14(17)7-9-23-19/h1-11H,(H,23,24)(H,25,26). The van der Waals surface area contributed by atoms with Gasteiger partial charge < -0.3 is 15.0 Å². The van der Waals surface area contributed by atoms with Crippen LogP contribution in [0.25, 0.3) is 11.0 Å². The average molecular weight is 382 g/mol. The fourth-order valence-electron chi connectivity index (χ4n) is 2.65. The summed E-state index contributed by atoms with van der Waals surface area (Å²) in [6, 6.07) is 14.3. The summed E-state index contributed by atoms with van der Waals surface area (Å²) in [4.78, 5) is 19.4. The van der Waals surface area contributed by atoms with E-state index in [0.29, 0.717) is 27.7 Å². The Kier molecular flexibility index (Phi) is 4.48. The monoisotopic (exact) mass is 381 g/mol. The van der Waals surface area contributed by atoms with Crippen molar-refractivity contribution in [3.8, 4) is 11.5 Å². The maximum Gasteiger partial charge on any atom is 0.257 e. The van der Waals surface area contributed by atoms with Crippen LogP contribution in [-0.2, 0) is 0 Å². The SMILES string of the molecule is O=C(Nc1ccc(Oc2ccnc3[nH]ccc23)c(F)c1)c1ccccc1Cl. The van der Waals surface area contributed by atoms with E-state index in [1.807, 2.05) is 0 Å². The minimum absolute atomic E-state index is 0.0412. The van der Waals surface area contributed by atoms with Crippen molar-refractivity contribution >= 4 is 34.2 Å². The number of rotatable bonds is 4. The Labute approximate surface area is 158 Å². The number of aromatic amines is 1. The zero-order valence-electron chi connectivity index (χ0n) is 13.9. The van der Waals surface area contributed by atoms with Crippen molar-refractivity contribution in [1.82, 2.24) is 9.97 Å². The molecule has 0 aliphatic carbocycles. The Morgan fingerprint density at radius 2 is 1.96 bits per heavy atom. The zero-order chi connectivity index (χ0) is 18.8. The minimum atomic E-state index is -0.604. The van der Waals surface area contributed by atoms with Crippen LogP contribution in [0, 0.1) is 5.82 Å². The normalized spacial score (nSPS) is 10.7. The van der Waals surface area contributed by atoms with Crippen molar-refractivity contribution in [3.05, 3.63) is 83.4 Å². The van der Waals surface area contributed by atoms with E-state index in [-0.39, 0.29) is 5.75 Å². The molecule has 27 heavy (non-hydrogen) atoms. The number of anilines is 1. The van der Waals surface area contributed by atoms with Crippen molar-refractivity contribution in [3.63, 3.8) is 0 Å². The van der Waals surface area contributed by atoms with Gasteiger partial charge in [0.15, 0.2) is 11.6 Å². The number of H-pyrrole nitrogens is 1. The van der Waals surface area contributed by atoms with Crippen LogP contribution >= 0.6 is 11.6 Å². The van der Waals surface area contributed by atoms with Crippen molar-refractivity contribution in [2.45, 2.75) is 0 Å². The van der Waals surface area contributed by atoms with E-state index in [1.165, 1.54) is 12.1 Å². The molecule has 0 radical (unpaired) electrons. The number of fused-ring (bicyclic) bond motifs is 1. The molecule has 0 aliphatic heterocycles. The van der Waals surface area contributed by atoms with Crippen LogP contribution in [0.4, 0.5) is 10.1 Å². The molecule has 0 bridgehead atoms. The average Bonchev–Trinajstić information content (AvgIpc) is 3.14. The maximum absolute atomic E-state index is 14.5. The summed E-state index contributed by atoms with van der Waals surface area (Å²) >= 11 is 6.01. The van der Waals surface area contributed by atoms with Crippen LogP contribution in [-0.4, -0.2) is 15.9 Å². The number of ether oxygens (including phenoxy) is 1. The van der Waals surface area contributed by atoms with Gasteiger partial charge in [-0.05, 0) is 36.4 Å². The van der Waals surface area contributed by atoms with Crippen molar-refractivity contribution in [2.24, 2.45) is 0 Å². The summed E-state index contributed by atoms with van der Waals surface area (Å²) in [6.07, 6.45) is 3.30. The first kappa shape index (κ1) is 17.1. The summed E-state index contributed by atoms with van der Waals surface area (Å²) in [7, 11) is 0. The van der Waals surface area contributed by atoms with Gasteiger partial charge >= 0.3 is 0 Å². The van der Waals surface area contributed by atoms with Gasteiger partial charge in [0, 0.05) is 24.1 Å². The fourth-order valence-corrected chi connectivity index (χ4v) is 2.87. The topological polar surface area (TPSA) is 67.0 Å². The van der Waals surface area contributed by atoms with E-state index in [2.05, 4.69) is 15.3 Å². The first-order valence-corrected chi connectivity index (χ1v) is 8.45. The molecule has 2 heterocycles. The summed E-state index contributed by atoms with van der Waals surface area (Å²) in [5, 5.41) is 3.69. The van der Waals surface area contributed by atoms with Gasteiger partial charge in [0.1, 0.15) is 11.4 Å². The molecule has 0 saturated heterocycles. The fraction of sp³-hybridized carbons (Fsp3) is 0. The molecule has 2 aromatic carbocycles. The lowest BCUT2D eigenvalue weighted by Gasteiger charge is -2.10. The number of pyridine rings is 1. The lowest BCUT2D eigenvalue weighted by molar-refractivity contribution is 0.102. The third-order valence-electron chi connectivity index (χ3n) is 3.95. The number of hydrogen-bond acceptors (Lipinski definition) is 3. The summed E-state index contributed by atoms with van der Waals surface area (Å²) in [5.41, 5.74) is 1.26. The lowest BCUT2D eigenvalue weighted by atomic mass is 10.2. The highest BCUT2D eigenvalue weighted by Gasteiger charge is 2.13. The molecule has 0 spiro atoms. The highest BCUT2D eigenvalue weighted by Crippen LogP contribution is 2.31. The van der Waals surface area contributed by atoms with Gasteiger partial charge in [0.05, 0.1) is 16.0 Å². The first-order chi connectivity index (χ1) is 13.1. The van der Waals surface area contributed by atoms with E-state index >= 15 is 0 Å². The quantitative estimate of drug-likeness (QED) is 0.497. The van der Waals surface area contributed by atoms with Crippen molar-refractivity contribution < 1.29 is 13.9 Å². The van der Waals surface area contributed by atoms with Gasteiger partial charge in [-0.3, -0.25) is 4.79 Å². The molecular weight excluding hydrogens is 369 g/mol. The van der Waals surface area contributed by atoms with Crippen LogP contribution in [0.3, 0.4) is 0 Å². The molecule has 0 aliphatic rings. The van der Waals surface area contributed by atoms with Gasteiger partial charge in [0.25, 0.3) is 5.91 Å². The number of hydrogen-bond donors (Lipinski definition) is 2. The molecule has 134 valence electrons. The van der Waals surface area contributed by atoms with Crippen LogP contribution < -0.4 is 10.1 Å². The van der Waals surface area contributed by atoms with Gasteiger partial charge in [0.2, 0.25) is 0 Å². The molecule has 4 aromatic rings. The largest absolute Gasteiger partial charge is 0.453 e. The molecule has 7 heteroatoms. The molecule has 1 amide bonds. The second-order valence-electron chi connectivity index (χ2n) is 5.73. The molecule has 2 N–H and O–H groups in total. The van der Waals surface area contributed by atoms with E-state index in [0.717, 1.165) is 5.39 Å². The van der Waals surface area contributed by atoms with E-state index < -0.39 is 11.7 Å². The van der Waals surface area contributed by atoms with Gasteiger partial charge in [-0.25, -0.2) is 9.37 Å². The second-order valence-corrected chi connectivity index (χ2v) is 6.14. The van der Waals surface area contributed by atoms with Gasteiger partial charge in [-0.2, -0.15) is 0 Å². The molecule has 2 aromatic heterocycles. The number of halogens is 2. The predicted octanol–water partition coefficient (Wildman–Crippen LogP) is 5.40. The third-order valence-corrected chi connectivity index (χ3v) is 4.28. The van der Waals surface area contributed by atoms with Gasteiger partial charge in [-0.1, -0.05) is 23.7 Å². The number of nitrogens with zero attached hydrogens (tertiary/aromatic N) is 1. The number of benzene rings is 2. The Bertz CT molecular complexity index is 1140. The van der Waals surface area contributed by atoms with Crippen LogP contribution in [0.1, 0.15) is 10.4 Å². The highest BCUT2D eigenvalue weighted by atomic mass is 35.5. The smallest absolute Gasteiger partial charge is 0.257 e. The molecule has 4 rings (SSSR count). The Balaban J connectivity index is 1.55. The van der Waals surface area contributed by atoms with Crippen LogP contribution in [0.5, 0.6) is 11.5 Å². The lowest BCUT2D eigenvalue weighted by Crippen LogP contribution is -2.12. The van der Waals surface area contributed by atoms with E-state index in [9.17, 15) is 9.18 Å². The summed E-state index contributed by atoms with van der Waals surface area (Å²) in [6.45, 7) is 0. The zero-order valence-corrected chi connectivity index (χ0v) is 14.6. The highest BCUT2D eigenvalue weighted by molar-refractivity contribution is 6.34. The molecule has 5 nitrogen and oxygen atoms in total. The number of carbonyl (C=O) groups excluding carboxylic acids is 1. The summed E-state index contributed by atoms with van der Waals surface area (Å²) in [5.74, 6) is -0.503. The number of nitrogens with one attached hydrogen (secondary N) is 2. The van der Waals surface area contributed by atoms with Crippen LogP contribution in [0.15, 0.2) is 67.0 Å². The first-order valence-electron chi connectivity index (χ1n) is 8.07. The molecule has 0 saturated carbocycles. The Morgan fingerprint density at radius 3 is 2.78 bits per heavy atom. The van der Waals surface area contributed by atoms with Crippen molar-refractivity contribution in [1.29, 1.82) is 0 Å². The van der Waals surface area contributed by atoms with Crippen LogP contribution in [0.2, 0.25) is 5.02 Å². The summed E-state index contributed by atoms with van der Waals surface area (Å²) < 4.78 is 20.1. The number of aromatic nitrogens is 2. The molecule has 0 unspecified atom stereocenters. The molecule has 0 fully saturated rings. The number of carbonyl (C=O) groups is 1. The Morgan fingerprint density at radius 1 is 1.11 bits per heavy atom. The third kappa shape index (κ3) is 3.47. The van der Waals surface area contributed by atoms with E-state index in [4.69, 9.17) is 16.3 Å². The molecular formula is C20H13ClFN3O2. The second kappa shape index (κ2) is 7.09.